The molecule has 0 fully saturated rings. The van der Waals surface area contributed by atoms with Gasteiger partial charge in [0.05, 0.1) is 24.7 Å². The minimum absolute atomic E-state index is 0.279. The maximum absolute atomic E-state index is 12.3. The molecule has 8 heteroatoms. The zero-order valence-electron chi connectivity index (χ0n) is 17.4. The minimum atomic E-state index is -0.411. The monoisotopic (exact) mass is 427 g/mol. The third kappa shape index (κ3) is 5.17. The van der Waals surface area contributed by atoms with E-state index in [0.717, 1.165) is 11.1 Å². The molecule has 0 aliphatic carbocycles. The van der Waals surface area contributed by atoms with Crippen LogP contribution in [0.1, 0.15) is 21.7 Å². The zero-order valence-corrected chi connectivity index (χ0v) is 17.4. The fourth-order valence-corrected chi connectivity index (χ4v) is 2.94. The molecule has 2 aromatic carbocycles. The van der Waals surface area contributed by atoms with Crippen molar-refractivity contribution in [2.75, 3.05) is 7.11 Å². The summed E-state index contributed by atoms with van der Waals surface area (Å²) in [6, 6.07) is 22.5. The molecule has 2 heterocycles. The summed E-state index contributed by atoms with van der Waals surface area (Å²) < 4.78 is 11.4. The third-order valence-corrected chi connectivity index (χ3v) is 4.57. The molecule has 32 heavy (non-hydrogen) atoms. The number of aromatic nitrogens is 3. The van der Waals surface area contributed by atoms with Crippen molar-refractivity contribution in [3.63, 3.8) is 0 Å². The van der Waals surface area contributed by atoms with Crippen LogP contribution >= 0.6 is 0 Å². The Balaban J connectivity index is 1.42. The number of ether oxygens (including phenoxy) is 2. The molecule has 0 saturated heterocycles. The van der Waals surface area contributed by atoms with Crippen molar-refractivity contribution in [2.45, 2.75) is 6.61 Å². The molecule has 8 nitrogen and oxygen atoms in total. The van der Waals surface area contributed by atoms with Crippen LogP contribution in [0, 0.1) is 0 Å². The third-order valence-electron chi connectivity index (χ3n) is 4.57. The van der Waals surface area contributed by atoms with E-state index in [1.165, 1.54) is 6.21 Å². The van der Waals surface area contributed by atoms with Crippen LogP contribution in [0.2, 0.25) is 0 Å². The van der Waals surface area contributed by atoms with E-state index in [1.807, 2.05) is 54.6 Å². The Morgan fingerprint density at radius 2 is 1.91 bits per heavy atom. The SMILES string of the molecule is COc1cc(-c2cc(C(=O)N/N=C\c3ccccn3)[nH]n2)ccc1OCc1ccccc1. The zero-order chi connectivity index (χ0) is 22.2. The Bertz CT molecular complexity index is 1210. The van der Waals surface area contributed by atoms with E-state index in [1.54, 1.807) is 31.5 Å². The maximum atomic E-state index is 12.3. The highest BCUT2D eigenvalue weighted by atomic mass is 16.5. The number of aromatic amines is 1. The van der Waals surface area contributed by atoms with Gasteiger partial charge in [0.2, 0.25) is 0 Å². The van der Waals surface area contributed by atoms with Gasteiger partial charge >= 0.3 is 0 Å². The highest BCUT2D eigenvalue weighted by molar-refractivity contribution is 5.94. The molecule has 2 N–H and O–H groups in total. The molecule has 160 valence electrons. The van der Waals surface area contributed by atoms with Crippen molar-refractivity contribution in [1.29, 1.82) is 0 Å². The highest BCUT2D eigenvalue weighted by Crippen LogP contribution is 2.32. The van der Waals surface area contributed by atoms with Gasteiger partial charge in [-0.05, 0) is 42.0 Å². The molecule has 0 spiro atoms. The second-order valence-electron chi connectivity index (χ2n) is 6.76. The number of rotatable bonds is 8. The Morgan fingerprint density at radius 1 is 1.06 bits per heavy atom. The molecule has 0 radical (unpaired) electrons. The number of benzene rings is 2. The Kier molecular flexibility index (Phi) is 6.52. The smallest absolute Gasteiger partial charge is 0.289 e. The predicted octanol–water partition coefficient (Wildman–Crippen LogP) is 3.82. The second kappa shape index (κ2) is 10.0. The molecule has 1 amide bonds. The minimum Gasteiger partial charge on any atom is -0.493 e. The Morgan fingerprint density at radius 3 is 2.69 bits per heavy atom. The normalized spacial score (nSPS) is 10.8. The van der Waals surface area contributed by atoms with Gasteiger partial charge in [-0.3, -0.25) is 14.9 Å². The summed E-state index contributed by atoms with van der Waals surface area (Å²) in [5.74, 6) is 0.788. The van der Waals surface area contributed by atoms with Gasteiger partial charge in [0, 0.05) is 11.8 Å². The molecule has 4 aromatic rings. The predicted molar refractivity (Wildman–Crippen MR) is 121 cm³/mol. The molecule has 0 aliphatic heterocycles. The van der Waals surface area contributed by atoms with Crippen LogP contribution in [-0.4, -0.2) is 34.4 Å². The number of carbonyl (C=O) groups excluding carboxylic acids is 1. The highest BCUT2D eigenvalue weighted by Gasteiger charge is 2.13. The molecule has 0 aliphatic rings. The number of hydrogen-bond acceptors (Lipinski definition) is 6. The van der Waals surface area contributed by atoms with Crippen molar-refractivity contribution in [1.82, 2.24) is 20.6 Å². The Hall–Kier alpha value is -4.46. The van der Waals surface area contributed by atoms with Crippen LogP contribution in [-0.2, 0) is 6.61 Å². The first-order valence-corrected chi connectivity index (χ1v) is 9.88. The average molecular weight is 427 g/mol. The summed E-state index contributed by atoms with van der Waals surface area (Å²) in [5.41, 5.74) is 5.80. The molecule has 0 atom stereocenters. The lowest BCUT2D eigenvalue weighted by Gasteiger charge is -2.11. The molecular weight excluding hydrogens is 406 g/mol. The molecule has 4 rings (SSSR count). The number of amides is 1. The number of pyridine rings is 1. The van der Waals surface area contributed by atoms with Crippen molar-refractivity contribution in [2.24, 2.45) is 5.10 Å². The first-order valence-electron chi connectivity index (χ1n) is 9.88. The van der Waals surface area contributed by atoms with Crippen LogP contribution in [0.25, 0.3) is 11.3 Å². The van der Waals surface area contributed by atoms with Crippen LogP contribution in [0.15, 0.2) is 84.1 Å². The summed E-state index contributed by atoms with van der Waals surface area (Å²) in [6.07, 6.45) is 3.12. The van der Waals surface area contributed by atoms with Gasteiger partial charge < -0.3 is 9.47 Å². The number of hydrogen-bond donors (Lipinski definition) is 2. The summed E-state index contributed by atoms with van der Waals surface area (Å²) in [7, 11) is 1.58. The first-order chi connectivity index (χ1) is 15.7. The average Bonchev–Trinajstić information content (AvgIpc) is 3.34. The van der Waals surface area contributed by atoms with E-state index in [0.29, 0.717) is 29.5 Å². The van der Waals surface area contributed by atoms with Gasteiger partial charge in [0.15, 0.2) is 11.5 Å². The van der Waals surface area contributed by atoms with Crippen molar-refractivity contribution < 1.29 is 14.3 Å². The summed E-state index contributed by atoms with van der Waals surface area (Å²) in [6.45, 7) is 0.433. The van der Waals surface area contributed by atoms with Crippen LogP contribution in [0.3, 0.4) is 0 Å². The molecule has 2 aromatic heterocycles. The molecule has 0 saturated carbocycles. The van der Waals surface area contributed by atoms with E-state index in [9.17, 15) is 4.79 Å². The molecular formula is C24H21N5O3. The van der Waals surface area contributed by atoms with E-state index in [2.05, 4.69) is 25.7 Å². The number of nitrogens with one attached hydrogen (secondary N) is 2. The number of nitrogens with zero attached hydrogens (tertiary/aromatic N) is 3. The van der Waals surface area contributed by atoms with Crippen LogP contribution < -0.4 is 14.9 Å². The Labute approximate surface area is 184 Å². The lowest BCUT2D eigenvalue weighted by molar-refractivity contribution is 0.0950. The van der Waals surface area contributed by atoms with E-state index < -0.39 is 5.91 Å². The number of carbonyl (C=O) groups is 1. The van der Waals surface area contributed by atoms with Gasteiger partial charge in [-0.15, -0.1) is 0 Å². The van der Waals surface area contributed by atoms with Crippen molar-refractivity contribution in [3.8, 4) is 22.8 Å². The first kappa shape index (κ1) is 20.8. The summed E-state index contributed by atoms with van der Waals surface area (Å²) in [5, 5.41) is 10.9. The molecule has 0 bridgehead atoms. The number of H-pyrrole nitrogens is 1. The van der Waals surface area contributed by atoms with Gasteiger partial charge in [0.25, 0.3) is 5.91 Å². The van der Waals surface area contributed by atoms with Crippen molar-refractivity contribution >= 4 is 12.1 Å². The standard InChI is InChI=1S/C24H21N5O3/c1-31-23-13-18(10-11-22(23)32-16-17-7-3-2-4-8-17)20-14-21(28-27-20)24(30)29-26-15-19-9-5-6-12-25-19/h2-15H,16H2,1H3,(H,27,28)(H,29,30)/b26-15-. The largest absolute Gasteiger partial charge is 0.493 e. The van der Waals surface area contributed by atoms with Gasteiger partial charge in [0.1, 0.15) is 12.3 Å². The van der Waals surface area contributed by atoms with Crippen molar-refractivity contribution in [3.05, 3.63) is 95.9 Å². The number of hydrazone groups is 1. The lowest BCUT2D eigenvalue weighted by Crippen LogP contribution is -2.18. The topological polar surface area (TPSA) is 101 Å². The lowest BCUT2D eigenvalue weighted by atomic mass is 10.1. The fraction of sp³-hybridized carbons (Fsp3) is 0.0833. The van der Waals surface area contributed by atoms with E-state index >= 15 is 0 Å². The second-order valence-corrected chi connectivity index (χ2v) is 6.76. The summed E-state index contributed by atoms with van der Waals surface area (Å²) >= 11 is 0. The van der Waals surface area contributed by atoms with Gasteiger partial charge in [-0.1, -0.05) is 36.4 Å². The van der Waals surface area contributed by atoms with E-state index in [-0.39, 0.29) is 5.69 Å². The quantitative estimate of drug-likeness (QED) is 0.329. The van der Waals surface area contributed by atoms with Gasteiger partial charge in [-0.2, -0.15) is 10.2 Å². The molecule has 0 unspecified atom stereocenters. The van der Waals surface area contributed by atoms with E-state index in [4.69, 9.17) is 9.47 Å². The van der Waals surface area contributed by atoms with Gasteiger partial charge in [-0.25, -0.2) is 5.43 Å². The summed E-state index contributed by atoms with van der Waals surface area (Å²) in [4.78, 5) is 16.4. The number of methoxy groups -OCH3 is 1. The maximum Gasteiger partial charge on any atom is 0.289 e. The fourth-order valence-electron chi connectivity index (χ4n) is 2.94. The van der Waals surface area contributed by atoms with Crippen LogP contribution in [0.5, 0.6) is 11.5 Å². The van der Waals surface area contributed by atoms with Crippen LogP contribution in [0.4, 0.5) is 0 Å².